The molecule has 0 spiro atoms. The Morgan fingerprint density at radius 3 is 1.38 bits per heavy atom. The summed E-state index contributed by atoms with van der Waals surface area (Å²) in [4.78, 5) is 0. The van der Waals surface area contributed by atoms with E-state index in [1.165, 1.54) is 0 Å². The van der Waals surface area contributed by atoms with Crippen molar-refractivity contribution in [1.29, 1.82) is 0 Å². The van der Waals surface area contributed by atoms with Crippen molar-refractivity contribution in [3.8, 4) is 0 Å². The van der Waals surface area contributed by atoms with Crippen LogP contribution in [0.2, 0.25) is 0 Å². The fourth-order valence-corrected chi connectivity index (χ4v) is 0.964. The molecule has 0 amide bonds. The van der Waals surface area contributed by atoms with Gasteiger partial charge in [0.1, 0.15) is 4.49 Å². The van der Waals surface area contributed by atoms with Crippen LogP contribution in [0.25, 0.3) is 0 Å². The first-order chi connectivity index (χ1) is 5.70. The maximum absolute atomic E-state index is 5.28. The number of hydrogen-bond donors (Lipinski definition) is 0. The molecule has 0 aromatic heterocycles. The molecule has 0 aromatic rings. The molecular formula is C6H7Cl7. The van der Waals surface area contributed by atoms with Gasteiger partial charge in [-0.2, -0.15) is 0 Å². The highest BCUT2D eigenvalue weighted by molar-refractivity contribution is 6.67. The van der Waals surface area contributed by atoms with Gasteiger partial charge in [-0.1, -0.05) is 69.6 Å². The van der Waals surface area contributed by atoms with E-state index < -0.39 is 3.79 Å². The van der Waals surface area contributed by atoms with Crippen molar-refractivity contribution in [2.45, 2.75) is 17.1 Å². The van der Waals surface area contributed by atoms with Crippen LogP contribution in [0.1, 0.15) is 13.3 Å². The third-order valence-corrected chi connectivity index (χ3v) is 2.34. The number of hydrogen-bond acceptors (Lipinski definition) is 0. The lowest BCUT2D eigenvalue weighted by Crippen LogP contribution is -2.01. The van der Waals surface area contributed by atoms with Crippen LogP contribution in [0.3, 0.4) is 0 Å². The van der Waals surface area contributed by atoms with E-state index in [2.05, 4.69) is 0 Å². The summed E-state index contributed by atoms with van der Waals surface area (Å²) in [5.74, 6) is 0.385. The SMILES string of the molecule is CC(Cl)=C(Cl)Cl.ClCCC(Cl)(Cl)Cl. The molecule has 0 aliphatic rings. The molecule has 0 N–H and O–H groups in total. The molecule has 13 heavy (non-hydrogen) atoms. The number of allylic oxidation sites excluding steroid dienone is 1. The highest BCUT2D eigenvalue weighted by Gasteiger charge is 2.17. The van der Waals surface area contributed by atoms with Crippen molar-refractivity contribution in [3.63, 3.8) is 0 Å². The number of halogens is 7. The summed E-state index contributed by atoms with van der Waals surface area (Å²) in [7, 11) is 0. The predicted octanol–water partition coefficient (Wildman–Crippen LogP) is 5.88. The molecule has 0 nitrogen and oxygen atoms in total. The summed E-state index contributed by atoms with van der Waals surface area (Å²) in [6, 6.07) is 0. The van der Waals surface area contributed by atoms with Crippen LogP contribution in [0.5, 0.6) is 0 Å². The second-order valence-corrected chi connectivity index (χ2v) is 6.26. The van der Waals surface area contributed by atoms with Gasteiger partial charge in [0.15, 0.2) is 3.79 Å². The van der Waals surface area contributed by atoms with Crippen molar-refractivity contribution >= 4 is 81.2 Å². The summed E-state index contributed by atoms with van der Waals surface area (Å²) in [6.07, 6.45) is 0.402. The molecule has 0 aliphatic heterocycles. The monoisotopic (exact) mass is 324 g/mol. The van der Waals surface area contributed by atoms with Gasteiger partial charge in [0.2, 0.25) is 0 Å². The molecule has 0 bridgehead atoms. The second-order valence-electron chi connectivity index (χ2n) is 1.85. The van der Waals surface area contributed by atoms with Gasteiger partial charge in [0.25, 0.3) is 0 Å². The average Bonchev–Trinajstić information content (AvgIpc) is 1.85. The molecule has 0 aromatic carbocycles. The van der Waals surface area contributed by atoms with E-state index in [0.717, 1.165) is 0 Å². The molecule has 7 heteroatoms. The van der Waals surface area contributed by atoms with E-state index in [1.54, 1.807) is 6.92 Å². The molecule has 0 rings (SSSR count). The van der Waals surface area contributed by atoms with Crippen molar-refractivity contribution in [1.82, 2.24) is 0 Å². The Morgan fingerprint density at radius 1 is 1.08 bits per heavy atom. The lowest BCUT2D eigenvalue weighted by atomic mass is 10.6. The Morgan fingerprint density at radius 2 is 1.38 bits per heavy atom. The van der Waals surface area contributed by atoms with Gasteiger partial charge in [-0.05, 0) is 6.92 Å². The van der Waals surface area contributed by atoms with Crippen LogP contribution in [0.4, 0.5) is 0 Å². The van der Waals surface area contributed by atoms with Crippen molar-refractivity contribution in [2.24, 2.45) is 0 Å². The largest absolute Gasteiger partial charge is 0.191 e. The van der Waals surface area contributed by atoms with Crippen LogP contribution in [-0.4, -0.2) is 9.67 Å². The van der Waals surface area contributed by atoms with Crippen molar-refractivity contribution in [3.05, 3.63) is 9.52 Å². The highest BCUT2D eigenvalue weighted by atomic mass is 35.6. The van der Waals surface area contributed by atoms with Gasteiger partial charge in [-0.25, -0.2) is 0 Å². The maximum atomic E-state index is 5.28. The first-order valence-corrected chi connectivity index (χ1v) is 5.81. The minimum Gasteiger partial charge on any atom is -0.127 e. The van der Waals surface area contributed by atoms with Gasteiger partial charge in [-0.15, -0.1) is 11.6 Å². The van der Waals surface area contributed by atoms with Crippen LogP contribution in [-0.2, 0) is 0 Å². The van der Waals surface area contributed by atoms with Gasteiger partial charge in [0, 0.05) is 17.3 Å². The van der Waals surface area contributed by atoms with Gasteiger partial charge in [0.05, 0.1) is 0 Å². The smallest absolute Gasteiger partial charge is 0.127 e. The fourth-order valence-electron chi connectivity index (χ4n) is 0.107. The molecule has 0 heterocycles. The van der Waals surface area contributed by atoms with Gasteiger partial charge < -0.3 is 0 Å². The van der Waals surface area contributed by atoms with E-state index >= 15 is 0 Å². The third-order valence-electron chi connectivity index (χ3n) is 0.638. The van der Waals surface area contributed by atoms with Crippen LogP contribution < -0.4 is 0 Å². The second kappa shape index (κ2) is 9.03. The summed E-state index contributed by atoms with van der Waals surface area (Å²) < 4.78 is -1.03. The van der Waals surface area contributed by atoms with Crippen LogP contribution in [0.15, 0.2) is 9.52 Å². The molecule has 0 unspecified atom stereocenters. The number of rotatable bonds is 1. The first kappa shape index (κ1) is 17.2. The molecule has 0 saturated heterocycles. The molecule has 0 saturated carbocycles. The molecular weight excluding hydrogens is 320 g/mol. The minimum atomic E-state index is -1.16. The highest BCUT2D eigenvalue weighted by Crippen LogP contribution is 2.29. The first-order valence-electron chi connectivity index (χ1n) is 3.00. The van der Waals surface area contributed by atoms with E-state index in [0.29, 0.717) is 17.3 Å². The molecule has 0 fully saturated rings. The predicted molar refractivity (Wildman–Crippen MR) is 65.9 cm³/mol. The zero-order valence-electron chi connectivity index (χ0n) is 6.56. The quantitative estimate of drug-likeness (QED) is 0.528. The summed E-state index contributed by atoms with van der Waals surface area (Å²) in [5.41, 5.74) is 0. The van der Waals surface area contributed by atoms with Crippen LogP contribution in [0, 0.1) is 0 Å². The molecule has 0 atom stereocenters. The van der Waals surface area contributed by atoms with Crippen molar-refractivity contribution < 1.29 is 0 Å². The Balaban J connectivity index is 0. The average molecular weight is 327 g/mol. The lowest BCUT2D eigenvalue weighted by molar-refractivity contribution is 0.983. The van der Waals surface area contributed by atoms with E-state index in [4.69, 9.17) is 81.2 Å². The summed E-state index contributed by atoms with van der Waals surface area (Å²) in [6.45, 7) is 1.62. The lowest BCUT2D eigenvalue weighted by Gasteiger charge is -2.04. The Bertz CT molecular complexity index is 139. The van der Waals surface area contributed by atoms with Crippen LogP contribution >= 0.6 is 81.2 Å². The summed E-state index contributed by atoms with van der Waals surface area (Å²) in [5, 5.41) is 0.429. The Kier molecular flexibility index (Phi) is 11.9. The standard InChI is InChI=1S/C3H4Cl4.C3H3Cl3/c4-2-1-3(5,6)7;1-2(4)3(5)6/h1-2H2;1H3. The molecule has 80 valence electrons. The van der Waals surface area contributed by atoms with Gasteiger partial charge >= 0.3 is 0 Å². The maximum Gasteiger partial charge on any atom is 0.191 e. The topological polar surface area (TPSA) is 0 Å². The molecule has 0 aliphatic carbocycles. The Hall–Kier alpha value is 1.77. The molecule has 0 radical (unpaired) electrons. The zero-order chi connectivity index (χ0) is 11.1. The number of alkyl halides is 4. The fraction of sp³-hybridized carbons (Fsp3) is 0.667. The Labute approximate surface area is 113 Å². The third kappa shape index (κ3) is 20.0. The van der Waals surface area contributed by atoms with E-state index in [1.807, 2.05) is 0 Å². The zero-order valence-corrected chi connectivity index (χ0v) is 11.9. The van der Waals surface area contributed by atoms with E-state index in [9.17, 15) is 0 Å². The summed E-state index contributed by atoms with van der Waals surface area (Å²) >= 11 is 36.6. The van der Waals surface area contributed by atoms with Gasteiger partial charge in [-0.3, -0.25) is 0 Å². The normalized spacial score (nSPS) is 10.2. The van der Waals surface area contributed by atoms with Crippen molar-refractivity contribution in [2.75, 3.05) is 5.88 Å². The minimum absolute atomic E-state index is 0.136. The van der Waals surface area contributed by atoms with E-state index in [-0.39, 0.29) is 4.49 Å².